The van der Waals surface area contributed by atoms with Crippen LogP contribution in [0.2, 0.25) is 0 Å². The highest BCUT2D eigenvalue weighted by atomic mass is 19.1. The summed E-state index contributed by atoms with van der Waals surface area (Å²) >= 11 is 0. The molecular formula is C14H14FN3O2. The van der Waals surface area contributed by atoms with Gasteiger partial charge in [0.15, 0.2) is 0 Å². The van der Waals surface area contributed by atoms with Gasteiger partial charge in [0, 0.05) is 30.6 Å². The Morgan fingerprint density at radius 2 is 2.15 bits per heavy atom. The van der Waals surface area contributed by atoms with Crippen LogP contribution >= 0.6 is 0 Å². The van der Waals surface area contributed by atoms with E-state index >= 15 is 0 Å². The summed E-state index contributed by atoms with van der Waals surface area (Å²) in [5.74, 6) is -0.505. The molecule has 0 unspecified atom stereocenters. The third kappa shape index (κ3) is 3.50. The van der Waals surface area contributed by atoms with Gasteiger partial charge in [0.1, 0.15) is 11.5 Å². The number of nitro benzene ring substituents is 1. The number of rotatable bonds is 5. The maximum absolute atomic E-state index is 13.1. The van der Waals surface area contributed by atoms with Crippen molar-refractivity contribution >= 4 is 11.4 Å². The van der Waals surface area contributed by atoms with Crippen LogP contribution in [0.3, 0.4) is 0 Å². The van der Waals surface area contributed by atoms with Gasteiger partial charge in [-0.15, -0.1) is 0 Å². The molecule has 0 bridgehead atoms. The molecule has 0 fully saturated rings. The van der Waals surface area contributed by atoms with E-state index in [4.69, 9.17) is 0 Å². The Morgan fingerprint density at radius 3 is 2.80 bits per heavy atom. The number of hydrogen-bond donors (Lipinski definition) is 1. The topological polar surface area (TPSA) is 68.1 Å². The summed E-state index contributed by atoms with van der Waals surface area (Å²) in [4.78, 5) is 14.5. The number of anilines is 1. The van der Waals surface area contributed by atoms with E-state index < -0.39 is 10.7 Å². The second-order valence-corrected chi connectivity index (χ2v) is 4.40. The molecule has 1 heterocycles. The van der Waals surface area contributed by atoms with Crippen molar-refractivity contribution < 1.29 is 9.31 Å². The van der Waals surface area contributed by atoms with Gasteiger partial charge in [-0.05, 0) is 31.0 Å². The standard InChI is InChI=1S/C14H14FN3O2/c1-10-2-3-11(9-17-10)6-7-16-13-8-12(15)4-5-14(13)18(19)20/h2-5,8-9,16H,6-7H2,1H3. The zero-order valence-corrected chi connectivity index (χ0v) is 11.0. The van der Waals surface area contributed by atoms with E-state index in [0.29, 0.717) is 13.0 Å². The van der Waals surface area contributed by atoms with Gasteiger partial charge in [-0.1, -0.05) is 6.07 Å². The van der Waals surface area contributed by atoms with Crippen molar-refractivity contribution in [1.82, 2.24) is 4.98 Å². The number of aromatic nitrogens is 1. The van der Waals surface area contributed by atoms with E-state index in [9.17, 15) is 14.5 Å². The van der Waals surface area contributed by atoms with E-state index in [1.165, 1.54) is 0 Å². The summed E-state index contributed by atoms with van der Waals surface area (Å²) < 4.78 is 13.1. The highest BCUT2D eigenvalue weighted by molar-refractivity contribution is 5.61. The van der Waals surface area contributed by atoms with Crippen LogP contribution in [0.25, 0.3) is 0 Å². The Hall–Kier alpha value is -2.50. The van der Waals surface area contributed by atoms with Gasteiger partial charge in [-0.2, -0.15) is 0 Å². The largest absolute Gasteiger partial charge is 0.379 e. The molecule has 104 valence electrons. The Bertz CT molecular complexity index is 614. The van der Waals surface area contributed by atoms with Crippen LogP contribution in [-0.2, 0) is 6.42 Å². The van der Waals surface area contributed by atoms with Crippen molar-refractivity contribution in [2.75, 3.05) is 11.9 Å². The van der Waals surface area contributed by atoms with Crippen molar-refractivity contribution in [3.05, 3.63) is 63.7 Å². The Balaban J connectivity index is 2.02. The number of benzene rings is 1. The summed E-state index contributed by atoms with van der Waals surface area (Å²) in [6.07, 6.45) is 2.41. The van der Waals surface area contributed by atoms with Gasteiger partial charge >= 0.3 is 0 Å². The number of nitrogens with zero attached hydrogens (tertiary/aromatic N) is 2. The van der Waals surface area contributed by atoms with Crippen molar-refractivity contribution in [3.63, 3.8) is 0 Å². The SMILES string of the molecule is Cc1ccc(CCNc2cc(F)ccc2[N+](=O)[O-])cn1. The average molecular weight is 275 g/mol. The molecule has 2 rings (SSSR count). The first-order valence-corrected chi connectivity index (χ1v) is 6.15. The fraction of sp³-hybridized carbons (Fsp3) is 0.214. The molecule has 5 nitrogen and oxygen atoms in total. The summed E-state index contributed by atoms with van der Waals surface area (Å²) in [7, 11) is 0. The number of aryl methyl sites for hydroxylation is 1. The molecular weight excluding hydrogens is 261 g/mol. The summed E-state index contributed by atoms with van der Waals surface area (Å²) in [5.41, 5.74) is 2.01. The van der Waals surface area contributed by atoms with E-state index in [1.54, 1.807) is 6.20 Å². The van der Waals surface area contributed by atoms with E-state index in [1.807, 2.05) is 19.1 Å². The summed E-state index contributed by atoms with van der Waals surface area (Å²) in [5, 5.41) is 13.7. The lowest BCUT2D eigenvalue weighted by Gasteiger charge is -2.07. The van der Waals surface area contributed by atoms with Crippen LogP contribution in [0.1, 0.15) is 11.3 Å². The molecule has 20 heavy (non-hydrogen) atoms. The van der Waals surface area contributed by atoms with Crippen molar-refractivity contribution in [1.29, 1.82) is 0 Å². The van der Waals surface area contributed by atoms with Crippen molar-refractivity contribution in [3.8, 4) is 0 Å². The number of hydrogen-bond acceptors (Lipinski definition) is 4. The minimum atomic E-state index is -0.533. The molecule has 1 aromatic carbocycles. The Morgan fingerprint density at radius 1 is 1.35 bits per heavy atom. The second kappa shape index (κ2) is 6.10. The number of halogens is 1. The molecule has 0 amide bonds. The van der Waals surface area contributed by atoms with Crippen LogP contribution in [-0.4, -0.2) is 16.5 Å². The molecule has 1 aromatic heterocycles. The van der Waals surface area contributed by atoms with Crippen LogP contribution in [0.15, 0.2) is 36.5 Å². The van der Waals surface area contributed by atoms with Crippen molar-refractivity contribution in [2.45, 2.75) is 13.3 Å². The first-order chi connectivity index (χ1) is 9.56. The fourth-order valence-electron chi connectivity index (χ4n) is 1.80. The lowest BCUT2D eigenvalue weighted by Crippen LogP contribution is -2.07. The first kappa shape index (κ1) is 13.9. The number of nitro groups is 1. The normalized spacial score (nSPS) is 10.3. The quantitative estimate of drug-likeness (QED) is 0.672. The van der Waals surface area contributed by atoms with Gasteiger partial charge in [0.05, 0.1) is 4.92 Å². The smallest absolute Gasteiger partial charge is 0.292 e. The fourth-order valence-corrected chi connectivity index (χ4v) is 1.80. The van der Waals surface area contributed by atoms with Crippen LogP contribution in [0, 0.1) is 22.9 Å². The average Bonchev–Trinajstić information content (AvgIpc) is 2.41. The highest BCUT2D eigenvalue weighted by Gasteiger charge is 2.13. The minimum absolute atomic E-state index is 0.131. The highest BCUT2D eigenvalue weighted by Crippen LogP contribution is 2.24. The second-order valence-electron chi connectivity index (χ2n) is 4.40. The third-order valence-corrected chi connectivity index (χ3v) is 2.86. The minimum Gasteiger partial charge on any atom is -0.379 e. The molecule has 0 aliphatic carbocycles. The molecule has 0 saturated carbocycles. The predicted molar refractivity (Wildman–Crippen MR) is 74.2 cm³/mol. The molecule has 1 N–H and O–H groups in total. The van der Waals surface area contributed by atoms with Gasteiger partial charge < -0.3 is 5.32 Å². The molecule has 2 aromatic rings. The number of nitrogens with one attached hydrogen (secondary N) is 1. The number of pyridine rings is 1. The zero-order chi connectivity index (χ0) is 14.5. The van der Waals surface area contributed by atoms with Gasteiger partial charge in [-0.25, -0.2) is 4.39 Å². The predicted octanol–water partition coefficient (Wildman–Crippen LogP) is 3.09. The van der Waals surface area contributed by atoms with E-state index in [-0.39, 0.29) is 11.4 Å². The zero-order valence-electron chi connectivity index (χ0n) is 11.0. The Labute approximate surface area is 115 Å². The van der Waals surface area contributed by atoms with Crippen LogP contribution in [0.5, 0.6) is 0 Å². The molecule has 6 heteroatoms. The lowest BCUT2D eigenvalue weighted by atomic mass is 10.2. The molecule has 0 radical (unpaired) electrons. The molecule has 0 aliphatic rings. The van der Waals surface area contributed by atoms with Crippen LogP contribution < -0.4 is 5.32 Å². The van der Waals surface area contributed by atoms with Gasteiger partial charge in [0.25, 0.3) is 5.69 Å². The summed E-state index contributed by atoms with van der Waals surface area (Å²) in [6.45, 7) is 2.37. The lowest BCUT2D eigenvalue weighted by molar-refractivity contribution is -0.384. The molecule has 0 spiro atoms. The monoisotopic (exact) mass is 275 g/mol. The summed E-state index contributed by atoms with van der Waals surface area (Å²) in [6, 6.07) is 7.22. The first-order valence-electron chi connectivity index (χ1n) is 6.15. The Kier molecular flexibility index (Phi) is 4.24. The van der Waals surface area contributed by atoms with Gasteiger partial charge in [0.2, 0.25) is 0 Å². The van der Waals surface area contributed by atoms with E-state index in [2.05, 4.69) is 10.3 Å². The maximum atomic E-state index is 13.1. The van der Waals surface area contributed by atoms with Crippen molar-refractivity contribution in [2.24, 2.45) is 0 Å². The molecule has 0 saturated heterocycles. The molecule has 0 atom stereocenters. The van der Waals surface area contributed by atoms with Crippen LogP contribution in [0.4, 0.5) is 15.8 Å². The maximum Gasteiger partial charge on any atom is 0.292 e. The third-order valence-electron chi connectivity index (χ3n) is 2.86. The van der Waals surface area contributed by atoms with Gasteiger partial charge in [-0.3, -0.25) is 15.1 Å². The van der Waals surface area contributed by atoms with E-state index in [0.717, 1.165) is 29.5 Å². The molecule has 0 aliphatic heterocycles.